The molecule has 0 bridgehead atoms. The van der Waals surface area contributed by atoms with Gasteiger partial charge in [-0.25, -0.2) is 9.97 Å². The average Bonchev–Trinajstić information content (AvgIpc) is 2.87. The van der Waals surface area contributed by atoms with Crippen LogP contribution in [0.4, 0.5) is 0 Å². The Labute approximate surface area is 136 Å². The standard InChI is InChI=1S/C15H14BrClN4/c1-10(11-3-2-4-12(17)5-11)18-6-13-7-20-15-8-19-14(16)9-21(13)15/h2-5,7-10,18H,6H2,1H3/t10-/m0/s1. The van der Waals surface area contributed by atoms with E-state index in [-0.39, 0.29) is 6.04 Å². The largest absolute Gasteiger partial charge is 0.305 e. The second-order valence-corrected chi connectivity index (χ2v) is 6.09. The molecule has 0 fully saturated rings. The summed E-state index contributed by atoms with van der Waals surface area (Å²) in [4.78, 5) is 8.51. The van der Waals surface area contributed by atoms with Crippen LogP contribution in [-0.2, 0) is 6.54 Å². The quantitative estimate of drug-likeness (QED) is 0.760. The highest BCUT2D eigenvalue weighted by atomic mass is 79.9. The summed E-state index contributed by atoms with van der Waals surface area (Å²) in [5, 5.41) is 4.24. The number of hydrogen-bond donors (Lipinski definition) is 1. The van der Waals surface area contributed by atoms with E-state index >= 15 is 0 Å². The van der Waals surface area contributed by atoms with Crippen LogP contribution in [0.3, 0.4) is 0 Å². The Hall–Kier alpha value is -1.43. The highest BCUT2D eigenvalue weighted by Crippen LogP contribution is 2.18. The number of nitrogens with one attached hydrogen (secondary N) is 1. The van der Waals surface area contributed by atoms with Gasteiger partial charge in [0.2, 0.25) is 0 Å². The molecule has 0 radical (unpaired) electrons. The van der Waals surface area contributed by atoms with Crippen molar-refractivity contribution in [2.45, 2.75) is 19.5 Å². The molecule has 2 aromatic heterocycles. The zero-order valence-corrected chi connectivity index (χ0v) is 13.8. The first-order valence-electron chi connectivity index (χ1n) is 6.60. The molecule has 2 heterocycles. The number of fused-ring (bicyclic) bond motifs is 1. The van der Waals surface area contributed by atoms with Crippen molar-refractivity contribution in [1.29, 1.82) is 0 Å². The fraction of sp³-hybridized carbons (Fsp3) is 0.200. The van der Waals surface area contributed by atoms with Gasteiger partial charge in [0, 0.05) is 23.8 Å². The first-order chi connectivity index (χ1) is 10.1. The molecule has 1 atom stereocenters. The van der Waals surface area contributed by atoms with Gasteiger partial charge in [-0.1, -0.05) is 23.7 Å². The minimum Gasteiger partial charge on any atom is -0.305 e. The fourth-order valence-electron chi connectivity index (χ4n) is 2.20. The van der Waals surface area contributed by atoms with Gasteiger partial charge in [0.1, 0.15) is 4.60 Å². The smallest absolute Gasteiger partial charge is 0.155 e. The Morgan fingerprint density at radius 2 is 2.19 bits per heavy atom. The zero-order chi connectivity index (χ0) is 14.8. The van der Waals surface area contributed by atoms with Crippen LogP contribution in [0.2, 0.25) is 5.02 Å². The number of hydrogen-bond acceptors (Lipinski definition) is 3. The Bertz CT molecular complexity index is 771. The second kappa shape index (κ2) is 6.13. The van der Waals surface area contributed by atoms with Gasteiger partial charge in [0.05, 0.1) is 18.1 Å². The van der Waals surface area contributed by atoms with E-state index in [2.05, 4.69) is 44.2 Å². The molecule has 3 rings (SSSR count). The van der Waals surface area contributed by atoms with Crippen LogP contribution in [0.15, 0.2) is 47.5 Å². The molecule has 0 amide bonds. The van der Waals surface area contributed by atoms with Crippen molar-refractivity contribution in [3.05, 3.63) is 63.7 Å². The molecule has 1 aromatic carbocycles. The zero-order valence-electron chi connectivity index (χ0n) is 11.4. The van der Waals surface area contributed by atoms with Gasteiger partial charge in [-0.2, -0.15) is 0 Å². The second-order valence-electron chi connectivity index (χ2n) is 4.85. The van der Waals surface area contributed by atoms with Gasteiger partial charge in [0.25, 0.3) is 0 Å². The SMILES string of the molecule is C[C@H](NCc1cnc2cnc(Br)cn12)c1cccc(Cl)c1. The molecule has 21 heavy (non-hydrogen) atoms. The third kappa shape index (κ3) is 3.26. The minimum absolute atomic E-state index is 0.208. The van der Waals surface area contributed by atoms with E-state index in [1.807, 2.05) is 35.0 Å². The van der Waals surface area contributed by atoms with Crippen LogP contribution in [0.5, 0.6) is 0 Å². The lowest BCUT2D eigenvalue weighted by molar-refractivity contribution is 0.566. The summed E-state index contributed by atoms with van der Waals surface area (Å²) in [6.45, 7) is 2.83. The van der Waals surface area contributed by atoms with Crippen molar-refractivity contribution in [3.8, 4) is 0 Å². The lowest BCUT2D eigenvalue weighted by Crippen LogP contribution is -2.19. The maximum atomic E-state index is 6.03. The van der Waals surface area contributed by atoms with Crippen molar-refractivity contribution in [3.63, 3.8) is 0 Å². The molecule has 0 spiro atoms. The van der Waals surface area contributed by atoms with E-state index in [1.54, 1.807) is 6.20 Å². The third-order valence-electron chi connectivity index (χ3n) is 3.38. The topological polar surface area (TPSA) is 42.2 Å². The number of benzene rings is 1. The number of rotatable bonds is 4. The van der Waals surface area contributed by atoms with Crippen LogP contribution in [0.25, 0.3) is 5.65 Å². The van der Waals surface area contributed by atoms with Crippen molar-refractivity contribution < 1.29 is 0 Å². The molecule has 6 heteroatoms. The molecular formula is C15H14BrClN4. The van der Waals surface area contributed by atoms with Crippen molar-refractivity contribution in [2.75, 3.05) is 0 Å². The summed E-state index contributed by atoms with van der Waals surface area (Å²) in [5.74, 6) is 0. The monoisotopic (exact) mass is 364 g/mol. The molecule has 0 saturated heterocycles. The van der Waals surface area contributed by atoms with Gasteiger partial charge >= 0.3 is 0 Å². The lowest BCUT2D eigenvalue weighted by atomic mass is 10.1. The van der Waals surface area contributed by atoms with Gasteiger partial charge in [-0.3, -0.25) is 4.40 Å². The molecule has 0 aliphatic heterocycles. The molecule has 108 valence electrons. The van der Waals surface area contributed by atoms with Crippen LogP contribution in [-0.4, -0.2) is 14.4 Å². The highest BCUT2D eigenvalue weighted by Gasteiger charge is 2.08. The van der Waals surface area contributed by atoms with E-state index in [9.17, 15) is 0 Å². The Morgan fingerprint density at radius 3 is 3.00 bits per heavy atom. The predicted octanol–water partition coefficient (Wildman–Crippen LogP) is 4.00. The Kier molecular flexibility index (Phi) is 4.24. The van der Waals surface area contributed by atoms with Crippen LogP contribution >= 0.6 is 27.5 Å². The normalized spacial score (nSPS) is 12.7. The number of halogens is 2. The average molecular weight is 366 g/mol. The van der Waals surface area contributed by atoms with Crippen LogP contribution in [0, 0.1) is 0 Å². The molecule has 0 saturated carbocycles. The number of imidazole rings is 1. The molecule has 0 unspecified atom stereocenters. The third-order valence-corrected chi connectivity index (χ3v) is 4.02. The minimum atomic E-state index is 0.208. The summed E-state index contributed by atoms with van der Waals surface area (Å²) >= 11 is 9.41. The Balaban J connectivity index is 1.75. The maximum absolute atomic E-state index is 6.03. The summed E-state index contributed by atoms with van der Waals surface area (Å²) in [6, 6.07) is 8.10. The van der Waals surface area contributed by atoms with Gasteiger partial charge in [-0.05, 0) is 40.5 Å². The van der Waals surface area contributed by atoms with Crippen LogP contribution < -0.4 is 5.32 Å². The summed E-state index contributed by atoms with van der Waals surface area (Å²) in [5.41, 5.74) is 3.09. The molecule has 0 aliphatic rings. The van der Waals surface area contributed by atoms with E-state index in [0.717, 1.165) is 21.0 Å². The summed E-state index contributed by atoms with van der Waals surface area (Å²) < 4.78 is 2.81. The van der Waals surface area contributed by atoms with Crippen molar-refractivity contribution >= 4 is 33.2 Å². The summed E-state index contributed by atoms with van der Waals surface area (Å²) in [6.07, 6.45) is 5.53. The van der Waals surface area contributed by atoms with Crippen molar-refractivity contribution in [1.82, 2.24) is 19.7 Å². The van der Waals surface area contributed by atoms with E-state index in [4.69, 9.17) is 11.6 Å². The highest BCUT2D eigenvalue weighted by molar-refractivity contribution is 9.10. The fourth-order valence-corrected chi connectivity index (χ4v) is 2.70. The molecular weight excluding hydrogens is 352 g/mol. The number of aromatic nitrogens is 3. The van der Waals surface area contributed by atoms with Gasteiger partial charge in [-0.15, -0.1) is 0 Å². The molecule has 3 aromatic rings. The molecule has 4 nitrogen and oxygen atoms in total. The van der Waals surface area contributed by atoms with E-state index < -0.39 is 0 Å². The first kappa shape index (κ1) is 14.5. The first-order valence-corrected chi connectivity index (χ1v) is 7.77. The number of nitrogens with zero attached hydrogens (tertiary/aromatic N) is 3. The van der Waals surface area contributed by atoms with Gasteiger partial charge in [0.15, 0.2) is 5.65 Å². The predicted molar refractivity (Wildman–Crippen MR) is 87.4 cm³/mol. The van der Waals surface area contributed by atoms with E-state index in [1.165, 1.54) is 5.56 Å². The maximum Gasteiger partial charge on any atom is 0.155 e. The lowest BCUT2D eigenvalue weighted by Gasteiger charge is -2.14. The molecule has 1 N–H and O–H groups in total. The van der Waals surface area contributed by atoms with Gasteiger partial charge < -0.3 is 5.32 Å². The molecule has 0 aliphatic carbocycles. The van der Waals surface area contributed by atoms with Crippen molar-refractivity contribution in [2.24, 2.45) is 0 Å². The Morgan fingerprint density at radius 1 is 1.33 bits per heavy atom. The summed E-state index contributed by atoms with van der Waals surface area (Å²) in [7, 11) is 0. The van der Waals surface area contributed by atoms with E-state index in [0.29, 0.717) is 6.54 Å². The van der Waals surface area contributed by atoms with Crippen LogP contribution in [0.1, 0.15) is 24.2 Å².